The zero-order chi connectivity index (χ0) is 26.9. The fourth-order valence-electron chi connectivity index (χ4n) is 3.79. The average molecular weight is 859 g/mol. The summed E-state index contributed by atoms with van der Waals surface area (Å²) in [6.45, 7) is 0. The van der Waals surface area contributed by atoms with E-state index in [2.05, 4.69) is 31.9 Å². The molecule has 0 fully saturated rings. The quantitative estimate of drug-likeness (QED) is 0.127. The molecule has 0 radical (unpaired) electrons. The Bertz CT molecular complexity index is 1660. The summed E-state index contributed by atoms with van der Waals surface area (Å²) in [4.78, 5) is 44.5. The Balaban J connectivity index is 0.000000461. The fourth-order valence-corrected chi connectivity index (χ4v) is 8.49. The topological polar surface area (TPSA) is 148 Å². The van der Waals surface area contributed by atoms with E-state index >= 15 is 0 Å². The van der Waals surface area contributed by atoms with Crippen molar-refractivity contribution in [1.82, 2.24) is 0 Å². The maximum atomic E-state index is 12.5. The summed E-state index contributed by atoms with van der Waals surface area (Å²) in [6, 6.07) is 10.7. The van der Waals surface area contributed by atoms with Crippen molar-refractivity contribution in [2.45, 2.75) is 0 Å². The zero-order valence-electron chi connectivity index (χ0n) is 20.6. The molecule has 2 aromatic carbocycles. The van der Waals surface area contributed by atoms with Crippen LogP contribution in [0.2, 0.25) is 0 Å². The molecule has 13 heteroatoms. The van der Waals surface area contributed by atoms with Crippen molar-refractivity contribution in [3.05, 3.63) is 91.5 Å². The summed E-state index contributed by atoms with van der Waals surface area (Å²) >= 11 is 3.71. The largest absolute Gasteiger partial charge is 1.00 e. The van der Waals surface area contributed by atoms with Gasteiger partial charge in [0.25, 0.3) is 0 Å². The van der Waals surface area contributed by atoms with Gasteiger partial charge in [-0.15, -0.1) is 0 Å². The molecule has 0 saturated heterocycles. The first kappa shape index (κ1) is 34.3. The van der Waals surface area contributed by atoms with Crippen LogP contribution >= 0.6 is 31.9 Å². The first-order chi connectivity index (χ1) is 17.6. The van der Waals surface area contributed by atoms with Crippen LogP contribution < -0.4 is 77.8 Å². The zero-order valence-corrected chi connectivity index (χ0v) is 33.3. The molecule has 1 N–H and O–H groups in total. The van der Waals surface area contributed by atoms with Crippen molar-refractivity contribution >= 4 is 63.4 Å². The Kier molecular flexibility index (Phi) is 13.0. The predicted molar refractivity (Wildman–Crippen MR) is 134 cm³/mol. The van der Waals surface area contributed by atoms with Gasteiger partial charge in [0.2, 0.25) is 0 Å². The SMILES string of the molecule is O=C([O-])c1ccccc1-c1c2cc(Br)c(=O)cc-2oc2[c]([Hg][OH])c([O-])c(Br)cc12.O=C1C=CC(=O)C=C1.[Na+].[Na+]. The molecule has 1 aliphatic heterocycles. The van der Waals surface area contributed by atoms with E-state index in [0.29, 0.717) is 22.1 Å². The van der Waals surface area contributed by atoms with Gasteiger partial charge < -0.3 is 0 Å². The molecule has 0 amide bonds. The van der Waals surface area contributed by atoms with Crippen LogP contribution in [0.4, 0.5) is 0 Å². The number of fused-ring (bicyclic) bond motifs is 2. The van der Waals surface area contributed by atoms with E-state index in [1.54, 1.807) is 30.3 Å². The van der Waals surface area contributed by atoms with Gasteiger partial charge in [-0.3, -0.25) is 9.59 Å². The third-order valence-corrected chi connectivity index (χ3v) is 10.4. The maximum Gasteiger partial charge on any atom is 1.00 e. The number of ketones is 2. The molecule has 2 aromatic rings. The Morgan fingerprint density at radius 3 is 2.03 bits per heavy atom. The molecule has 0 unspecified atom stereocenters. The standard InChI is InChI=1S/C20H9Br2O5.C6H4O2.Hg.2Na.H2O/c21-13-5-11-17(7-15(13)23)27-18-8-16(24)14(22)6-12(18)19(11)9-3-1-2-4-10(9)20(25)26;7-5-1-2-6(8)4-3-5;;;;/h1-7,24H,(H,25,26);1-4H;;;;1H2/q;;3*+1;/p-3. The number of aromatic carboxylic acids is 1. The van der Waals surface area contributed by atoms with E-state index < -0.39 is 31.0 Å². The number of carboxylic acid groups (broad SMARTS) is 1. The van der Waals surface area contributed by atoms with Gasteiger partial charge in [0.15, 0.2) is 11.6 Å². The van der Waals surface area contributed by atoms with E-state index in [4.69, 9.17) is 4.42 Å². The summed E-state index contributed by atoms with van der Waals surface area (Å²) in [5.74, 6) is -1.76. The van der Waals surface area contributed by atoms with Crippen LogP contribution in [-0.4, -0.2) is 20.5 Å². The molecular formula is C26H12Br2HgNa2O8. The Morgan fingerprint density at radius 2 is 1.46 bits per heavy atom. The molecule has 182 valence electrons. The van der Waals surface area contributed by atoms with Crippen LogP contribution in [0.1, 0.15) is 10.4 Å². The second kappa shape index (κ2) is 14.8. The molecule has 0 atom stereocenters. The van der Waals surface area contributed by atoms with Crippen molar-refractivity contribution in [1.29, 1.82) is 0 Å². The van der Waals surface area contributed by atoms with Crippen LogP contribution in [-0.2, 0) is 34.6 Å². The van der Waals surface area contributed by atoms with Gasteiger partial charge in [-0.05, 0) is 24.3 Å². The summed E-state index contributed by atoms with van der Waals surface area (Å²) in [7, 11) is 0. The minimum atomic E-state index is -2.75. The molecular weight excluding hydrogens is 847 g/mol. The van der Waals surface area contributed by atoms with E-state index in [0.717, 1.165) is 0 Å². The van der Waals surface area contributed by atoms with Gasteiger partial charge in [0, 0.05) is 0 Å². The number of carbonyl (C=O) groups is 3. The second-order valence-corrected chi connectivity index (χ2v) is 13.4. The molecule has 1 heterocycles. The first-order valence-electron chi connectivity index (χ1n) is 10.6. The van der Waals surface area contributed by atoms with E-state index in [9.17, 15) is 32.4 Å². The molecule has 2 aliphatic carbocycles. The van der Waals surface area contributed by atoms with Gasteiger partial charge in [-0.2, -0.15) is 0 Å². The molecule has 5 rings (SSSR count). The monoisotopic (exact) mass is 858 g/mol. The fraction of sp³-hybridized carbons (Fsp3) is 0. The molecule has 0 aromatic heterocycles. The number of hydrogen-bond acceptors (Lipinski definition) is 8. The van der Waals surface area contributed by atoms with Crippen molar-refractivity contribution in [3.63, 3.8) is 0 Å². The van der Waals surface area contributed by atoms with E-state index in [-0.39, 0.29) is 111 Å². The van der Waals surface area contributed by atoms with Gasteiger partial charge >= 0.3 is 254 Å². The molecule has 8 nitrogen and oxygen atoms in total. The first-order valence-corrected chi connectivity index (χ1v) is 17.4. The average Bonchev–Trinajstić information content (AvgIpc) is 2.87. The number of carbonyl (C=O) groups excluding carboxylic acids is 3. The summed E-state index contributed by atoms with van der Waals surface area (Å²) < 4.78 is 16.6. The minimum absolute atomic E-state index is 0. The molecule has 0 bridgehead atoms. The number of allylic oxidation sites excluding steroid dienone is 4. The Labute approximate surface area is 295 Å². The number of rotatable bonds is 3. The third-order valence-electron chi connectivity index (χ3n) is 5.46. The predicted octanol–water partition coefficient (Wildman–Crippen LogP) is -3.60. The van der Waals surface area contributed by atoms with Crippen molar-refractivity contribution in [3.8, 4) is 28.2 Å². The van der Waals surface area contributed by atoms with Crippen molar-refractivity contribution in [2.24, 2.45) is 0 Å². The number of benzene rings is 3. The third kappa shape index (κ3) is 7.48. The number of carboxylic acids is 1. The molecule has 3 aliphatic rings. The normalized spacial score (nSPS) is 11.8. The van der Waals surface area contributed by atoms with Crippen LogP contribution in [0.3, 0.4) is 0 Å². The van der Waals surface area contributed by atoms with Crippen LogP contribution in [0.15, 0.2) is 84.9 Å². The summed E-state index contributed by atoms with van der Waals surface area (Å²) in [5.41, 5.74) is 1.14. The van der Waals surface area contributed by atoms with Gasteiger partial charge in [0.05, 0.1) is 0 Å². The van der Waals surface area contributed by atoms with Gasteiger partial charge in [-0.25, -0.2) is 0 Å². The smallest absolute Gasteiger partial charge is 0.290 e. The van der Waals surface area contributed by atoms with E-state index in [1.807, 2.05) is 0 Å². The molecule has 39 heavy (non-hydrogen) atoms. The van der Waals surface area contributed by atoms with Crippen LogP contribution in [0.25, 0.3) is 33.4 Å². The molecule has 0 saturated carbocycles. The van der Waals surface area contributed by atoms with Gasteiger partial charge in [0.1, 0.15) is 0 Å². The summed E-state index contributed by atoms with van der Waals surface area (Å²) in [6.07, 6.45) is 5.01. The number of halogens is 2. The Hall–Kier alpha value is -0.925. The van der Waals surface area contributed by atoms with Crippen molar-refractivity contribution < 1.29 is 116 Å². The molecule has 0 spiro atoms. The van der Waals surface area contributed by atoms with Crippen molar-refractivity contribution in [2.75, 3.05) is 0 Å². The van der Waals surface area contributed by atoms with E-state index in [1.165, 1.54) is 36.4 Å². The minimum Gasteiger partial charge on any atom is -0.290 e. The van der Waals surface area contributed by atoms with Crippen LogP contribution in [0, 0.1) is 0 Å². The number of hydrogen-bond donors (Lipinski definition) is 1. The summed E-state index contributed by atoms with van der Waals surface area (Å²) in [5, 5.41) is 24.7. The van der Waals surface area contributed by atoms with Gasteiger partial charge in [-0.1, -0.05) is 0 Å². The van der Waals surface area contributed by atoms with Crippen LogP contribution in [0.5, 0.6) is 5.75 Å². The second-order valence-electron chi connectivity index (χ2n) is 7.76. The maximum absolute atomic E-state index is 12.5. The Morgan fingerprint density at radius 1 is 0.872 bits per heavy atom.